The van der Waals surface area contributed by atoms with E-state index in [1.54, 1.807) is 0 Å². The first-order chi connectivity index (χ1) is 7.17. The summed E-state index contributed by atoms with van der Waals surface area (Å²) in [5.41, 5.74) is -1.20. The van der Waals surface area contributed by atoms with Gasteiger partial charge < -0.3 is 10.4 Å². The van der Waals surface area contributed by atoms with E-state index in [1.165, 1.54) is 0 Å². The van der Waals surface area contributed by atoms with Gasteiger partial charge in [0.2, 0.25) is 5.82 Å². The first kappa shape index (κ1) is 11.4. The Labute approximate surface area is 85.6 Å². The van der Waals surface area contributed by atoms with Gasteiger partial charge in [0.05, 0.1) is 0 Å². The second kappa shape index (κ2) is 5.30. The molecule has 15 heavy (non-hydrogen) atoms. The van der Waals surface area contributed by atoms with E-state index in [0.717, 1.165) is 6.42 Å². The van der Waals surface area contributed by atoms with Crippen LogP contribution < -0.4 is 16.6 Å². The third-order valence-corrected chi connectivity index (χ3v) is 2.02. The Balaban J connectivity index is 2.79. The van der Waals surface area contributed by atoms with E-state index in [9.17, 15) is 9.59 Å². The zero-order valence-corrected chi connectivity index (χ0v) is 8.41. The fraction of sp³-hybridized carbons (Fsp3) is 0.625. The summed E-state index contributed by atoms with van der Waals surface area (Å²) >= 11 is 0. The van der Waals surface area contributed by atoms with Gasteiger partial charge >= 0.3 is 5.69 Å². The second-order valence-corrected chi connectivity index (χ2v) is 3.12. The van der Waals surface area contributed by atoms with Gasteiger partial charge in [-0.3, -0.25) is 9.78 Å². The topological polar surface area (TPSA) is 111 Å². The molecule has 1 unspecified atom stereocenters. The molecule has 0 aliphatic rings. The number of aliphatic hydroxyl groups is 1. The van der Waals surface area contributed by atoms with E-state index < -0.39 is 11.2 Å². The number of aliphatic hydroxyl groups excluding tert-OH is 1. The van der Waals surface area contributed by atoms with Gasteiger partial charge in [-0.2, -0.15) is 0 Å². The fourth-order valence-corrected chi connectivity index (χ4v) is 1.17. The quantitative estimate of drug-likeness (QED) is 0.504. The number of H-pyrrole nitrogens is 2. The highest BCUT2D eigenvalue weighted by Crippen LogP contribution is 2.02. The van der Waals surface area contributed by atoms with Crippen LogP contribution in [0.4, 0.5) is 5.82 Å². The van der Waals surface area contributed by atoms with E-state index in [2.05, 4.69) is 20.5 Å². The van der Waals surface area contributed by atoms with Crippen LogP contribution in [0, 0.1) is 0 Å². The maximum Gasteiger partial charge on any atom is 0.342 e. The van der Waals surface area contributed by atoms with Crippen molar-refractivity contribution in [1.29, 1.82) is 0 Å². The number of nitrogens with one attached hydrogen (secondary N) is 3. The Morgan fingerprint density at radius 1 is 1.53 bits per heavy atom. The highest BCUT2D eigenvalue weighted by molar-refractivity contribution is 5.30. The van der Waals surface area contributed by atoms with Gasteiger partial charge in [-0.15, -0.1) is 5.10 Å². The van der Waals surface area contributed by atoms with Gasteiger partial charge in [0, 0.05) is 12.6 Å². The van der Waals surface area contributed by atoms with Crippen molar-refractivity contribution in [2.45, 2.75) is 25.8 Å². The molecule has 0 fully saturated rings. The minimum atomic E-state index is -0.638. The van der Waals surface area contributed by atoms with E-state index >= 15 is 0 Å². The van der Waals surface area contributed by atoms with E-state index in [4.69, 9.17) is 5.11 Å². The number of aromatic nitrogens is 3. The van der Waals surface area contributed by atoms with Crippen molar-refractivity contribution in [1.82, 2.24) is 15.2 Å². The maximum absolute atomic E-state index is 11.2. The minimum Gasteiger partial charge on any atom is -0.396 e. The Morgan fingerprint density at radius 3 is 2.80 bits per heavy atom. The lowest BCUT2D eigenvalue weighted by molar-refractivity contribution is 0.278. The predicted octanol–water partition coefficient (Wildman–Crippen LogP) is -0.969. The summed E-state index contributed by atoms with van der Waals surface area (Å²) in [6, 6.07) is -0.0329. The number of hydrogen-bond donors (Lipinski definition) is 4. The summed E-state index contributed by atoms with van der Waals surface area (Å²) in [7, 11) is 0. The minimum absolute atomic E-state index is 0.0329. The highest BCUT2D eigenvalue weighted by atomic mass is 16.3. The van der Waals surface area contributed by atoms with Crippen LogP contribution in [0.15, 0.2) is 9.59 Å². The third kappa shape index (κ3) is 3.21. The fourth-order valence-electron chi connectivity index (χ4n) is 1.17. The molecule has 84 valence electrons. The van der Waals surface area contributed by atoms with Crippen molar-refractivity contribution in [2.75, 3.05) is 11.9 Å². The summed E-state index contributed by atoms with van der Waals surface area (Å²) < 4.78 is 0. The van der Waals surface area contributed by atoms with E-state index in [1.807, 2.05) is 6.92 Å². The third-order valence-electron chi connectivity index (χ3n) is 2.02. The second-order valence-electron chi connectivity index (χ2n) is 3.12. The molecule has 1 heterocycles. The molecule has 0 radical (unpaired) electrons. The summed E-state index contributed by atoms with van der Waals surface area (Å²) in [5, 5.41) is 17.3. The van der Waals surface area contributed by atoms with Crippen molar-refractivity contribution in [3.63, 3.8) is 0 Å². The van der Waals surface area contributed by atoms with Crippen molar-refractivity contribution in [3.05, 3.63) is 20.8 Å². The van der Waals surface area contributed by atoms with Crippen molar-refractivity contribution in [3.8, 4) is 0 Å². The molecule has 0 aliphatic carbocycles. The van der Waals surface area contributed by atoms with Gasteiger partial charge in [-0.05, 0) is 12.8 Å². The standard InChI is InChI=1S/C8H14N4O3/c1-2-5(3-4-13)9-6-7(14)10-8(15)12-11-6/h5,13H,2-4H2,1H3,(H,9,11)(H2,10,12,14,15). The normalized spacial score (nSPS) is 12.4. The lowest BCUT2D eigenvalue weighted by Gasteiger charge is -2.14. The van der Waals surface area contributed by atoms with Crippen LogP contribution in [-0.4, -0.2) is 32.9 Å². The van der Waals surface area contributed by atoms with Crippen LogP contribution >= 0.6 is 0 Å². The average molecular weight is 214 g/mol. The molecule has 0 saturated heterocycles. The molecule has 0 spiro atoms. The van der Waals surface area contributed by atoms with Crippen molar-refractivity contribution < 1.29 is 5.11 Å². The van der Waals surface area contributed by atoms with Gasteiger partial charge in [0.15, 0.2) is 0 Å². The molecule has 1 aromatic rings. The maximum atomic E-state index is 11.2. The van der Waals surface area contributed by atoms with Crippen LogP contribution in [0.25, 0.3) is 0 Å². The molecule has 0 bridgehead atoms. The zero-order chi connectivity index (χ0) is 11.3. The molecule has 4 N–H and O–H groups in total. The SMILES string of the molecule is CCC(CCO)Nc1n[nH]c(=O)[nH]c1=O. The number of rotatable bonds is 5. The van der Waals surface area contributed by atoms with Gasteiger partial charge in [-0.25, -0.2) is 9.89 Å². The van der Waals surface area contributed by atoms with Gasteiger partial charge in [0.1, 0.15) is 0 Å². The molecule has 1 rings (SSSR count). The lowest BCUT2D eigenvalue weighted by atomic mass is 10.1. The first-order valence-electron chi connectivity index (χ1n) is 4.73. The van der Waals surface area contributed by atoms with Crippen LogP contribution in [0.1, 0.15) is 19.8 Å². The van der Waals surface area contributed by atoms with Crippen LogP contribution in [0.2, 0.25) is 0 Å². The summed E-state index contributed by atoms with van der Waals surface area (Å²) in [6.07, 6.45) is 1.28. The Hall–Kier alpha value is -1.63. The van der Waals surface area contributed by atoms with Crippen LogP contribution in [0.3, 0.4) is 0 Å². The number of hydrogen-bond acceptors (Lipinski definition) is 5. The number of aromatic amines is 2. The Bertz CT molecular complexity index is 411. The van der Waals surface area contributed by atoms with Crippen molar-refractivity contribution in [2.24, 2.45) is 0 Å². The number of anilines is 1. The van der Waals surface area contributed by atoms with E-state index in [0.29, 0.717) is 6.42 Å². The van der Waals surface area contributed by atoms with Crippen molar-refractivity contribution >= 4 is 5.82 Å². The molecule has 7 nitrogen and oxygen atoms in total. The molecule has 7 heteroatoms. The molecular weight excluding hydrogens is 200 g/mol. The summed E-state index contributed by atoms with van der Waals surface area (Å²) in [5.74, 6) is 0.0647. The molecule has 0 amide bonds. The smallest absolute Gasteiger partial charge is 0.342 e. The van der Waals surface area contributed by atoms with E-state index in [-0.39, 0.29) is 18.5 Å². The Morgan fingerprint density at radius 2 is 2.27 bits per heavy atom. The predicted molar refractivity (Wildman–Crippen MR) is 54.9 cm³/mol. The number of nitrogens with zero attached hydrogens (tertiary/aromatic N) is 1. The molecule has 0 aromatic carbocycles. The monoisotopic (exact) mass is 214 g/mol. The summed E-state index contributed by atoms with van der Waals surface area (Å²) in [4.78, 5) is 24.0. The van der Waals surface area contributed by atoms with Gasteiger partial charge in [0.25, 0.3) is 5.56 Å². The van der Waals surface area contributed by atoms with Gasteiger partial charge in [-0.1, -0.05) is 6.92 Å². The van der Waals surface area contributed by atoms with Crippen LogP contribution in [-0.2, 0) is 0 Å². The summed E-state index contributed by atoms with van der Waals surface area (Å²) in [6.45, 7) is 1.96. The largest absolute Gasteiger partial charge is 0.396 e. The lowest BCUT2D eigenvalue weighted by Crippen LogP contribution is -2.31. The molecular formula is C8H14N4O3. The first-order valence-corrected chi connectivity index (χ1v) is 4.73. The average Bonchev–Trinajstić information content (AvgIpc) is 2.21. The molecule has 0 aliphatic heterocycles. The molecule has 1 aromatic heterocycles. The Kier molecular flexibility index (Phi) is 4.04. The zero-order valence-electron chi connectivity index (χ0n) is 8.41. The highest BCUT2D eigenvalue weighted by Gasteiger charge is 2.08. The molecule has 1 atom stereocenters. The van der Waals surface area contributed by atoms with Crippen LogP contribution in [0.5, 0.6) is 0 Å². The molecule has 0 saturated carbocycles.